The maximum Gasteiger partial charge on any atom is 0.225 e. The Hall–Kier alpha value is -1.44. The van der Waals surface area contributed by atoms with Crippen LogP contribution in [0.5, 0.6) is 0 Å². The van der Waals surface area contributed by atoms with Crippen molar-refractivity contribution in [3.63, 3.8) is 0 Å². The summed E-state index contributed by atoms with van der Waals surface area (Å²) in [7, 11) is 0.448. The zero-order valence-corrected chi connectivity index (χ0v) is 15.4. The summed E-state index contributed by atoms with van der Waals surface area (Å²) in [5, 5.41) is 2.82. The molecule has 0 heterocycles. The summed E-state index contributed by atoms with van der Waals surface area (Å²) in [5.74, 6) is -0.187. The van der Waals surface area contributed by atoms with E-state index in [4.69, 9.17) is 0 Å². The summed E-state index contributed by atoms with van der Waals surface area (Å²) in [6.07, 6.45) is 1.30. The predicted molar refractivity (Wildman–Crippen MR) is 94.1 cm³/mol. The molecule has 0 fully saturated rings. The van der Waals surface area contributed by atoms with E-state index >= 15 is 0 Å². The van der Waals surface area contributed by atoms with Crippen molar-refractivity contribution in [2.75, 3.05) is 45.3 Å². The number of aryl methyl sites for hydroxylation is 2. The van der Waals surface area contributed by atoms with Crippen molar-refractivity contribution in [1.29, 1.82) is 0 Å². The number of anilines is 1. The van der Waals surface area contributed by atoms with Crippen LogP contribution in [0, 0.1) is 13.8 Å². The molecule has 0 aliphatic carbocycles. The largest absolute Gasteiger partial charge is 0.326 e. The molecule has 1 aromatic rings. The van der Waals surface area contributed by atoms with Crippen LogP contribution in [0.15, 0.2) is 18.2 Å². The quantitative estimate of drug-likeness (QED) is 0.777. The molecule has 130 valence electrons. The number of hydrogen-bond donors (Lipinski definition) is 1. The summed E-state index contributed by atoms with van der Waals surface area (Å²) in [5.41, 5.74) is 2.89. The van der Waals surface area contributed by atoms with Gasteiger partial charge >= 0.3 is 0 Å². The van der Waals surface area contributed by atoms with Crippen molar-refractivity contribution in [2.45, 2.75) is 20.3 Å². The van der Waals surface area contributed by atoms with Gasteiger partial charge in [-0.15, -0.1) is 0 Å². The summed E-state index contributed by atoms with van der Waals surface area (Å²) < 4.78 is 24.9. The standard InChI is InChI=1S/C16H27N3O3S/c1-13-10-14(2)12-15(11-13)17-16(20)6-7-19(23(5,21)22)9-8-18(3)4/h10-12H,6-9H2,1-5H3,(H,17,20). The fraction of sp³-hybridized carbons (Fsp3) is 0.562. The van der Waals surface area contributed by atoms with E-state index in [9.17, 15) is 13.2 Å². The Balaban J connectivity index is 2.61. The molecule has 1 aromatic carbocycles. The van der Waals surface area contributed by atoms with E-state index in [1.54, 1.807) is 0 Å². The first kappa shape index (κ1) is 19.6. The van der Waals surface area contributed by atoms with E-state index in [-0.39, 0.29) is 18.9 Å². The second kappa shape index (κ2) is 8.42. The third kappa shape index (κ3) is 7.58. The molecule has 0 bridgehead atoms. The molecule has 1 rings (SSSR count). The van der Waals surface area contributed by atoms with Crippen LogP contribution in [0.2, 0.25) is 0 Å². The van der Waals surface area contributed by atoms with Crippen LogP contribution in [0.25, 0.3) is 0 Å². The van der Waals surface area contributed by atoms with E-state index in [1.807, 2.05) is 51.0 Å². The van der Waals surface area contributed by atoms with Gasteiger partial charge < -0.3 is 10.2 Å². The average Bonchev–Trinajstić information content (AvgIpc) is 2.35. The smallest absolute Gasteiger partial charge is 0.225 e. The molecular formula is C16H27N3O3S. The number of rotatable bonds is 8. The van der Waals surface area contributed by atoms with Crippen molar-refractivity contribution in [3.8, 4) is 0 Å². The van der Waals surface area contributed by atoms with Gasteiger partial charge in [-0.25, -0.2) is 12.7 Å². The first-order chi connectivity index (χ1) is 10.6. The molecule has 1 N–H and O–H groups in total. The minimum atomic E-state index is -3.32. The van der Waals surface area contributed by atoms with Gasteiger partial charge in [0.05, 0.1) is 6.26 Å². The third-order valence-electron chi connectivity index (χ3n) is 3.36. The normalized spacial score (nSPS) is 12.0. The molecule has 0 atom stereocenters. The van der Waals surface area contributed by atoms with E-state index in [0.29, 0.717) is 13.1 Å². The highest BCUT2D eigenvalue weighted by atomic mass is 32.2. The summed E-state index contributed by atoms with van der Waals surface area (Å²) in [4.78, 5) is 14.0. The van der Waals surface area contributed by atoms with Crippen LogP contribution in [0.1, 0.15) is 17.5 Å². The van der Waals surface area contributed by atoms with Gasteiger partial charge in [0.25, 0.3) is 0 Å². The van der Waals surface area contributed by atoms with E-state index in [1.165, 1.54) is 10.6 Å². The number of nitrogens with zero attached hydrogens (tertiary/aromatic N) is 2. The van der Waals surface area contributed by atoms with Crippen LogP contribution in [0.4, 0.5) is 5.69 Å². The molecule has 0 unspecified atom stereocenters. The molecule has 0 saturated carbocycles. The van der Waals surface area contributed by atoms with Gasteiger partial charge in [0.1, 0.15) is 0 Å². The van der Waals surface area contributed by atoms with Crippen molar-refractivity contribution in [3.05, 3.63) is 29.3 Å². The summed E-state index contributed by atoms with van der Waals surface area (Å²) in [6.45, 7) is 5.11. The number of carbonyl (C=O) groups excluding carboxylic acids is 1. The summed E-state index contributed by atoms with van der Waals surface area (Å²) in [6, 6.07) is 5.82. The monoisotopic (exact) mass is 341 g/mol. The van der Waals surface area contributed by atoms with Crippen molar-refractivity contribution < 1.29 is 13.2 Å². The van der Waals surface area contributed by atoms with E-state index < -0.39 is 10.0 Å². The number of hydrogen-bond acceptors (Lipinski definition) is 4. The zero-order chi connectivity index (χ0) is 17.6. The highest BCUT2D eigenvalue weighted by molar-refractivity contribution is 7.88. The van der Waals surface area contributed by atoms with Crippen molar-refractivity contribution in [2.24, 2.45) is 0 Å². The Morgan fingerprint density at radius 2 is 1.61 bits per heavy atom. The Kier molecular flexibility index (Phi) is 7.18. The van der Waals surface area contributed by atoms with Gasteiger partial charge in [0.15, 0.2) is 0 Å². The Morgan fingerprint density at radius 1 is 1.04 bits per heavy atom. The highest BCUT2D eigenvalue weighted by Gasteiger charge is 2.17. The number of likely N-dealkylation sites (N-methyl/N-ethyl adjacent to an activating group) is 1. The van der Waals surface area contributed by atoms with Crippen LogP contribution in [-0.4, -0.2) is 63.5 Å². The molecule has 0 spiro atoms. The number of benzene rings is 1. The SMILES string of the molecule is Cc1cc(C)cc(NC(=O)CCN(CCN(C)C)S(C)(=O)=O)c1. The second-order valence-corrected chi connectivity index (χ2v) is 8.12. The Labute approximate surface area is 139 Å². The molecule has 0 aliphatic heterocycles. The van der Waals surface area contributed by atoms with E-state index in [2.05, 4.69) is 5.32 Å². The molecule has 6 nitrogen and oxygen atoms in total. The summed E-state index contributed by atoms with van der Waals surface area (Å²) >= 11 is 0. The minimum Gasteiger partial charge on any atom is -0.326 e. The number of nitrogens with one attached hydrogen (secondary N) is 1. The third-order valence-corrected chi connectivity index (χ3v) is 4.66. The van der Waals surface area contributed by atoms with E-state index in [0.717, 1.165) is 16.8 Å². The van der Waals surface area contributed by atoms with Gasteiger partial charge in [-0.05, 0) is 51.2 Å². The Bertz CT molecular complexity index is 622. The molecular weight excluding hydrogens is 314 g/mol. The van der Waals surface area contributed by atoms with Crippen LogP contribution in [-0.2, 0) is 14.8 Å². The molecule has 0 radical (unpaired) electrons. The van der Waals surface area contributed by atoms with Crippen LogP contribution >= 0.6 is 0 Å². The number of amides is 1. The van der Waals surface area contributed by atoms with Crippen LogP contribution in [0.3, 0.4) is 0 Å². The lowest BCUT2D eigenvalue weighted by atomic mass is 10.1. The van der Waals surface area contributed by atoms with Gasteiger partial charge in [-0.3, -0.25) is 4.79 Å². The lowest BCUT2D eigenvalue weighted by Gasteiger charge is -2.21. The topological polar surface area (TPSA) is 69.7 Å². The lowest BCUT2D eigenvalue weighted by Crippen LogP contribution is -2.37. The van der Waals surface area contributed by atoms with Crippen molar-refractivity contribution >= 4 is 21.6 Å². The number of carbonyl (C=O) groups is 1. The fourth-order valence-corrected chi connectivity index (χ4v) is 3.09. The van der Waals surface area contributed by atoms with Gasteiger partial charge in [0, 0.05) is 31.7 Å². The van der Waals surface area contributed by atoms with Gasteiger partial charge in [-0.2, -0.15) is 0 Å². The van der Waals surface area contributed by atoms with Gasteiger partial charge in [-0.1, -0.05) is 6.07 Å². The molecule has 0 aliphatic rings. The van der Waals surface area contributed by atoms with Crippen LogP contribution < -0.4 is 5.32 Å². The maximum atomic E-state index is 12.1. The van der Waals surface area contributed by atoms with Gasteiger partial charge in [0.2, 0.25) is 15.9 Å². The molecule has 0 aromatic heterocycles. The Morgan fingerprint density at radius 3 is 2.09 bits per heavy atom. The van der Waals surface area contributed by atoms with Crippen molar-refractivity contribution in [1.82, 2.24) is 9.21 Å². The molecule has 7 heteroatoms. The predicted octanol–water partition coefficient (Wildman–Crippen LogP) is 1.46. The molecule has 1 amide bonds. The molecule has 23 heavy (non-hydrogen) atoms. The number of sulfonamides is 1. The lowest BCUT2D eigenvalue weighted by molar-refractivity contribution is -0.116. The minimum absolute atomic E-state index is 0.132. The zero-order valence-electron chi connectivity index (χ0n) is 14.6. The fourth-order valence-electron chi connectivity index (χ4n) is 2.25. The maximum absolute atomic E-state index is 12.1. The first-order valence-electron chi connectivity index (χ1n) is 7.56. The first-order valence-corrected chi connectivity index (χ1v) is 9.41. The highest BCUT2D eigenvalue weighted by Crippen LogP contribution is 2.14. The molecule has 0 saturated heterocycles. The average molecular weight is 341 g/mol. The second-order valence-electron chi connectivity index (χ2n) is 6.14.